The van der Waals surface area contributed by atoms with E-state index in [1.54, 1.807) is 30.3 Å². The molecule has 1 aromatic carbocycles. The molecular weight excluding hydrogens is 299 g/mol. The molecule has 1 aromatic heterocycles. The van der Waals surface area contributed by atoms with E-state index >= 15 is 0 Å². The summed E-state index contributed by atoms with van der Waals surface area (Å²) in [6.07, 6.45) is 1.05. The van der Waals surface area contributed by atoms with E-state index in [0.717, 1.165) is 6.54 Å². The molecule has 2 aromatic rings. The second-order valence-corrected chi connectivity index (χ2v) is 5.96. The van der Waals surface area contributed by atoms with Gasteiger partial charge in [-0.1, -0.05) is 12.1 Å². The van der Waals surface area contributed by atoms with Crippen LogP contribution in [0, 0.1) is 5.82 Å². The van der Waals surface area contributed by atoms with E-state index in [0.29, 0.717) is 36.5 Å². The largest absolute Gasteiger partial charge is 0.460 e. The van der Waals surface area contributed by atoms with E-state index < -0.39 is 11.5 Å². The van der Waals surface area contributed by atoms with Gasteiger partial charge in [0.25, 0.3) is 5.91 Å². The third kappa shape index (κ3) is 3.28. The van der Waals surface area contributed by atoms with Crippen LogP contribution in [0.1, 0.15) is 18.6 Å². The molecule has 1 atom stereocenters. The van der Waals surface area contributed by atoms with Gasteiger partial charge < -0.3 is 15.3 Å². The fraction of sp³-hybridized carbons (Fsp3) is 0.353. The maximum absolute atomic E-state index is 13.8. The van der Waals surface area contributed by atoms with Gasteiger partial charge in [-0.15, -0.1) is 0 Å². The Kier molecular flexibility index (Phi) is 4.19. The van der Waals surface area contributed by atoms with Crippen molar-refractivity contribution in [3.05, 3.63) is 48.0 Å². The summed E-state index contributed by atoms with van der Waals surface area (Å²) in [7, 11) is 0. The smallest absolute Gasteiger partial charge is 0.250 e. The molecule has 1 aliphatic heterocycles. The monoisotopic (exact) mass is 318 g/mol. The number of aliphatic hydroxyl groups is 1. The van der Waals surface area contributed by atoms with Gasteiger partial charge >= 0.3 is 0 Å². The van der Waals surface area contributed by atoms with Gasteiger partial charge in [0.05, 0.1) is 12.1 Å². The Hall–Kier alpha value is -2.18. The average molecular weight is 318 g/mol. The number of benzene rings is 1. The molecule has 0 unspecified atom stereocenters. The summed E-state index contributed by atoms with van der Waals surface area (Å²) in [5.41, 5.74) is 4.19. The second-order valence-electron chi connectivity index (χ2n) is 5.96. The van der Waals surface area contributed by atoms with Gasteiger partial charge in [-0.2, -0.15) is 0 Å². The third-order valence-electron chi connectivity index (χ3n) is 4.19. The number of amides is 1. The Bertz CT molecular complexity index is 715. The number of carbonyl (C=O) groups excluding carboxylic acids is 1. The first kappa shape index (κ1) is 15.7. The van der Waals surface area contributed by atoms with Gasteiger partial charge in [-0.25, -0.2) is 4.39 Å². The molecule has 3 N–H and O–H groups in total. The first-order valence-corrected chi connectivity index (χ1v) is 7.56. The van der Waals surface area contributed by atoms with Crippen LogP contribution in [0.15, 0.2) is 40.8 Å². The van der Waals surface area contributed by atoms with Crippen molar-refractivity contribution in [2.45, 2.75) is 25.0 Å². The molecule has 1 amide bonds. The van der Waals surface area contributed by atoms with Crippen LogP contribution >= 0.6 is 0 Å². The van der Waals surface area contributed by atoms with Gasteiger partial charge in [0, 0.05) is 6.54 Å². The fourth-order valence-corrected chi connectivity index (χ4v) is 2.95. The Balaban J connectivity index is 1.72. The number of furan rings is 1. The summed E-state index contributed by atoms with van der Waals surface area (Å²) in [6, 6.07) is 9.91. The predicted molar refractivity (Wildman–Crippen MR) is 82.8 cm³/mol. The zero-order valence-electron chi connectivity index (χ0n) is 12.7. The number of nitrogens with two attached hydrogens (primary N) is 1. The minimum absolute atomic E-state index is 0.179. The summed E-state index contributed by atoms with van der Waals surface area (Å²) in [6.45, 7) is 1.35. The molecule has 0 spiro atoms. The molecule has 23 heavy (non-hydrogen) atoms. The van der Waals surface area contributed by atoms with Crippen molar-refractivity contribution in [1.29, 1.82) is 0 Å². The van der Waals surface area contributed by atoms with Gasteiger partial charge in [0.1, 0.15) is 17.3 Å². The molecule has 0 radical (unpaired) electrons. The molecule has 0 aliphatic carbocycles. The Morgan fingerprint density at radius 2 is 2.13 bits per heavy atom. The summed E-state index contributed by atoms with van der Waals surface area (Å²) in [5, 5.41) is 10.2. The lowest BCUT2D eigenvalue weighted by Crippen LogP contribution is -2.55. The number of primary amides is 1. The van der Waals surface area contributed by atoms with E-state index in [9.17, 15) is 14.3 Å². The van der Waals surface area contributed by atoms with Crippen LogP contribution in [0.4, 0.5) is 4.39 Å². The van der Waals surface area contributed by atoms with E-state index in [-0.39, 0.29) is 12.4 Å². The summed E-state index contributed by atoms with van der Waals surface area (Å²) in [4.78, 5) is 13.3. The van der Waals surface area contributed by atoms with E-state index in [2.05, 4.69) is 0 Å². The third-order valence-corrected chi connectivity index (χ3v) is 4.19. The van der Waals surface area contributed by atoms with Crippen LogP contribution in [-0.4, -0.2) is 34.6 Å². The number of piperidine rings is 1. The van der Waals surface area contributed by atoms with Crippen LogP contribution in [0.3, 0.4) is 0 Å². The SMILES string of the molecule is NC(=O)[C@@]1(O)CCCN(Cc2ccc(-c3ccccc3F)o2)C1. The van der Waals surface area contributed by atoms with Gasteiger partial charge in [0.15, 0.2) is 5.60 Å². The lowest BCUT2D eigenvalue weighted by atomic mass is 9.92. The van der Waals surface area contributed by atoms with E-state index in [1.165, 1.54) is 6.07 Å². The molecule has 0 bridgehead atoms. The fourth-order valence-electron chi connectivity index (χ4n) is 2.95. The van der Waals surface area contributed by atoms with Crippen molar-refractivity contribution in [3.63, 3.8) is 0 Å². The summed E-state index contributed by atoms with van der Waals surface area (Å²) < 4.78 is 19.5. The zero-order chi connectivity index (χ0) is 16.4. The van der Waals surface area contributed by atoms with Gasteiger partial charge in [0.2, 0.25) is 0 Å². The van der Waals surface area contributed by atoms with Crippen LogP contribution in [0.5, 0.6) is 0 Å². The van der Waals surface area contributed by atoms with Crippen molar-refractivity contribution < 1.29 is 18.7 Å². The molecule has 1 aliphatic rings. The number of carbonyl (C=O) groups is 1. The van der Waals surface area contributed by atoms with Crippen LogP contribution < -0.4 is 5.73 Å². The van der Waals surface area contributed by atoms with E-state index in [1.807, 2.05) is 4.90 Å². The normalized spacial score (nSPS) is 22.2. The van der Waals surface area contributed by atoms with Crippen molar-refractivity contribution in [2.24, 2.45) is 5.73 Å². The lowest BCUT2D eigenvalue weighted by Gasteiger charge is -2.36. The van der Waals surface area contributed by atoms with Crippen molar-refractivity contribution >= 4 is 5.91 Å². The lowest BCUT2D eigenvalue weighted by molar-refractivity contribution is -0.142. The Morgan fingerprint density at radius 1 is 1.35 bits per heavy atom. The predicted octanol–water partition coefficient (Wildman–Crippen LogP) is 1.90. The molecule has 0 saturated carbocycles. The molecule has 6 heteroatoms. The number of halogens is 1. The first-order valence-electron chi connectivity index (χ1n) is 7.56. The van der Waals surface area contributed by atoms with Crippen LogP contribution in [-0.2, 0) is 11.3 Å². The number of likely N-dealkylation sites (tertiary alicyclic amines) is 1. The molecule has 1 saturated heterocycles. The molecule has 2 heterocycles. The van der Waals surface area contributed by atoms with Crippen LogP contribution in [0.2, 0.25) is 0 Å². The highest BCUT2D eigenvalue weighted by atomic mass is 19.1. The van der Waals surface area contributed by atoms with Crippen molar-refractivity contribution in [2.75, 3.05) is 13.1 Å². The summed E-state index contributed by atoms with van der Waals surface area (Å²) in [5.74, 6) is 0.0698. The van der Waals surface area contributed by atoms with Crippen LogP contribution in [0.25, 0.3) is 11.3 Å². The quantitative estimate of drug-likeness (QED) is 0.902. The number of rotatable bonds is 4. The maximum atomic E-state index is 13.8. The Labute approximate surface area is 133 Å². The number of hydrogen-bond donors (Lipinski definition) is 2. The van der Waals surface area contributed by atoms with Crippen molar-refractivity contribution in [3.8, 4) is 11.3 Å². The molecule has 122 valence electrons. The first-order chi connectivity index (χ1) is 11.0. The number of nitrogens with zero attached hydrogens (tertiary/aromatic N) is 1. The minimum atomic E-state index is -1.49. The van der Waals surface area contributed by atoms with Gasteiger partial charge in [-0.3, -0.25) is 9.69 Å². The highest BCUT2D eigenvalue weighted by molar-refractivity contribution is 5.83. The standard InChI is InChI=1S/C17H19FN2O3/c18-14-5-2-1-4-13(14)15-7-6-12(23-15)10-20-9-3-8-17(22,11-20)16(19)21/h1-2,4-7,22H,3,8-11H2,(H2,19,21)/t17-/m1/s1. The topological polar surface area (TPSA) is 79.7 Å². The highest BCUT2D eigenvalue weighted by Crippen LogP contribution is 2.27. The molecule has 3 rings (SSSR count). The van der Waals surface area contributed by atoms with Crippen molar-refractivity contribution in [1.82, 2.24) is 4.90 Å². The highest BCUT2D eigenvalue weighted by Gasteiger charge is 2.38. The average Bonchev–Trinajstić information content (AvgIpc) is 2.96. The van der Waals surface area contributed by atoms with Gasteiger partial charge in [-0.05, 0) is 43.7 Å². The second kappa shape index (κ2) is 6.14. The van der Waals surface area contributed by atoms with E-state index in [4.69, 9.17) is 10.2 Å². The number of hydrogen-bond acceptors (Lipinski definition) is 4. The Morgan fingerprint density at radius 3 is 2.87 bits per heavy atom. The molecule has 1 fully saturated rings. The summed E-state index contributed by atoms with van der Waals surface area (Å²) >= 11 is 0. The minimum Gasteiger partial charge on any atom is -0.460 e. The maximum Gasteiger partial charge on any atom is 0.250 e. The molecule has 5 nitrogen and oxygen atoms in total. The molecular formula is C17H19FN2O3. The number of β-amino-alcohol motifs (C(OH)–C–C–N with tert-alkyl or cyclic N) is 1. The zero-order valence-corrected chi connectivity index (χ0v) is 12.7.